The molecule has 0 saturated carbocycles. The Balaban J connectivity index is 1.78. The van der Waals surface area contributed by atoms with Crippen molar-refractivity contribution >= 4 is 11.5 Å². The van der Waals surface area contributed by atoms with Gasteiger partial charge in [0, 0.05) is 29.1 Å². The lowest BCUT2D eigenvalue weighted by molar-refractivity contribution is 0.0970. The molecule has 38 heavy (non-hydrogen) atoms. The van der Waals surface area contributed by atoms with Crippen LogP contribution in [0.15, 0.2) is 84.1 Å². The summed E-state index contributed by atoms with van der Waals surface area (Å²) in [4.78, 5) is 18.7. The smallest absolute Gasteiger partial charge is 0.210 e. The van der Waals surface area contributed by atoms with Crippen molar-refractivity contribution in [3.63, 3.8) is 0 Å². The number of hydrogen-bond acceptors (Lipinski definition) is 3. The topological polar surface area (TPSA) is 59.5 Å². The molecule has 4 aromatic rings. The Bertz CT molecular complexity index is 1460. The second-order valence-electron chi connectivity index (χ2n) is 12.1. The molecule has 0 aliphatic rings. The van der Waals surface area contributed by atoms with Crippen molar-refractivity contribution < 1.29 is 9.90 Å². The highest BCUT2D eigenvalue weighted by molar-refractivity contribution is 5.96. The number of hydrogen-bond donors (Lipinski definition) is 1. The van der Waals surface area contributed by atoms with Crippen LogP contribution < -0.4 is 5.62 Å². The summed E-state index contributed by atoms with van der Waals surface area (Å²) in [5, 5.41) is 11.1. The molecule has 0 spiro atoms. The van der Waals surface area contributed by atoms with E-state index < -0.39 is 0 Å². The van der Waals surface area contributed by atoms with E-state index in [9.17, 15) is 9.90 Å². The number of nitrogens with zero attached hydrogens (tertiary/aromatic N) is 3. The zero-order valence-electron chi connectivity index (χ0n) is 23.6. The van der Waals surface area contributed by atoms with Crippen molar-refractivity contribution in [3.05, 3.63) is 113 Å². The monoisotopic (exact) mass is 509 g/mol. The van der Waals surface area contributed by atoms with Crippen LogP contribution in [0.4, 0.5) is 5.69 Å². The SMILES string of the molecule is Cc1ccc(/N=c2/n(CC(=O)c3cc(C(C)(C)C)c(O)c(C(C)(C)C)c3)ccn2Cc2ccccc2)cc1. The number of carbonyl (C=O) groups is 1. The number of imidazole rings is 1. The molecule has 0 atom stereocenters. The Hall–Kier alpha value is -3.86. The maximum absolute atomic E-state index is 13.7. The van der Waals surface area contributed by atoms with Gasteiger partial charge in [-0.05, 0) is 47.6 Å². The van der Waals surface area contributed by atoms with Crippen molar-refractivity contribution in [1.82, 2.24) is 9.13 Å². The third-order valence-corrected chi connectivity index (χ3v) is 6.76. The van der Waals surface area contributed by atoms with Crippen molar-refractivity contribution in [2.75, 3.05) is 0 Å². The van der Waals surface area contributed by atoms with Gasteiger partial charge in [0.05, 0.1) is 18.8 Å². The van der Waals surface area contributed by atoms with Crippen LogP contribution >= 0.6 is 0 Å². The number of phenolic OH excluding ortho intramolecular Hbond substituents is 1. The molecule has 3 aromatic carbocycles. The first-order valence-corrected chi connectivity index (χ1v) is 13.1. The highest BCUT2D eigenvalue weighted by Crippen LogP contribution is 2.39. The minimum Gasteiger partial charge on any atom is -0.507 e. The van der Waals surface area contributed by atoms with Crippen LogP contribution in [0.1, 0.15) is 74.2 Å². The summed E-state index contributed by atoms with van der Waals surface area (Å²) in [6.45, 7) is 15.2. The fourth-order valence-corrected chi connectivity index (χ4v) is 4.53. The van der Waals surface area contributed by atoms with Crippen LogP contribution in [0.2, 0.25) is 0 Å². The molecule has 1 aromatic heterocycles. The quantitative estimate of drug-likeness (QED) is 0.283. The number of aromatic hydroxyl groups is 1. The Labute approximate surface area is 226 Å². The fourth-order valence-electron chi connectivity index (χ4n) is 4.53. The average Bonchev–Trinajstić information content (AvgIpc) is 3.20. The van der Waals surface area contributed by atoms with Gasteiger partial charge in [-0.1, -0.05) is 89.6 Å². The second kappa shape index (κ2) is 10.5. The molecule has 0 bridgehead atoms. The van der Waals surface area contributed by atoms with Crippen molar-refractivity contribution in [2.45, 2.75) is 72.4 Å². The van der Waals surface area contributed by atoms with Gasteiger partial charge in [-0.3, -0.25) is 4.79 Å². The summed E-state index contributed by atoms with van der Waals surface area (Å²) in [6.07, 6.45) is 3.90. The van der Waals surface area contributed by atoms with Crippen LogP contribution in [-0.2, 0) is 23.9 Å². The maximum Gasteiger partial charge on any atom is 0.210 e. The van der Waals surface area contributed by atoms with Gasteiger partial charge in [0.15, 0.2) is 5.78 Å². The number of benzene rings is 3. The van der Waals surface area contributed by atoms with Crippen LogP contribution in [0.5, 0.6) is 5.75 Å². The molecule has 0 unspecified atom stereocenters. The number of rotatable bonds is 6. The van der Waals surface area contributed by atoms with Gasteiger partial charge in [0.2, 0.25) is 5.62 Å². The zero-order valence-corrected chi connectivity index (χ0v) is 23.6. The molecule has 0 aliphatic carbocycles. The third kappa shape index (κ3) is 6.16. The van der Waals surface area contributed by atoms with Crippen LogP contribution in [-0.4, -0.2) is 20.0 Å². The fraction of sp³-hybridized carbons (Fsp3) is 0.333. The summed E-state index contributed by atoms with van der Waals surface area (Å²) >= 11 is 0. The van der Waals surface area contributed by atoms with Crippen molar-refractivity contribution in [3.8, 4) is 5.75 Å². The molecule has 4 rings (SSSR count). The van der Waals surface area contributed by atoms with Crippen molar-refractivity contribution in [2.24, 2.45) is 4.99 Å². The third-order valence-electron chi connectivity index (χ3n) is 6.76. The predicted octanol–water partition coefficient (Wildman–Crippen LogP) is 7.06. The molecular weight excluding hydrogens is 470 g/mol. The zero-order chi connectivity index (χ0) is 27.7. The van der Waals surface area contributed by atoms with Gasteiger partial charge in [0.1, 0.15) is 5.75 Å². The van der Waals surface area contributed by atoms with E-state index in [0.29, 0.717) is 17.7 Å². The molecule has 5 heteroatoms. The van der Waals surface area contributed by atoms with E-state index >= 15 is 0 Å². The summed E-state index contributed by atoms with van der Waals surface area (Å²) in [5.74, 6) is 0.252. The van der Waals surface area contributed by atoms with Gasteiger partial charge in [-0.2, -0.15) is 0 Å². The molecule has 0 saturated heterocycles. The molecule has 198 valence electrons. The molecule has 5 nitrogen and oxygen atoms in total. The van der Waals surface area contributed by atoms with Gasteiger partial charge in [0.25, 0.3) is 0 Å². The van der Waals surface area contributed by atoms with E-state index in [1.165, 1.54) is 5.56 Å². The standard InChI is InChI=1S/C33H39N3O2/c1-23-13-15-26(16-14-23)34-31-35(21-24-11-9-8-10-12-24)17-18-36(31)22-29(37)25-19-27(32(2,3)4)30(38)28(20-25)33(5,6)7/h8-20,38H,21-22H2,1-7H3/b34-31+. The lowest BCUT2D eigenvalue weighted by Crippen LogP contribution is -2.29. The Kier molecular flexibility index (Phi) is 7.50. The molecule has 1 heterocycles. The molecular formula is C33H39N3O2. The van der Waals surface area contributed by atoms with Gasteiger partial charge in [-0.15, -0.1) is 0 Å². The molecule has 1 N–H and O–H groups in total. The summed E-state index contributed by atoms with van der Waals surface area (Å²) in [7, 11) is 0. The number of carbonyl (C=O) groups excluding carboxylic acids is 1. The minimum absolute atomic E-state index is 0.0242. The van der Waals surface area contributed by atoms with E-state index in [0.717, 1.165) is 22.4 Å². The van der Waals surface area contributed by atoms with Gasteiger partial charge >= 0.3 is 0 Å². The first kappa shape index (κ1) is 27.2. The molecule has 0 fully saturated rings. The summed E-state index contributed by atoms with van der Waals surface area (Å²) in [6, 6.07) is 22.0. The van der Waals surface area contributed by atoms with Crippen LogP contribution in [0, 0.1) is 6.92 Å². The number of aryl methyl sites for hydroxylation is 1. The Morgan fingerprint density at radius 2 is 1.37 bits per heavy atom. The predicted molar refractivity (Wildman–Crippen MR) is 154 cm³/mol. The van der Waals surface area contributed by atoms with Crippen LogP contribution in [0.25, 0.3) is 0 Å². The van der Waals surface area contributed by atoms with E-state index in [4.69, 9.17) is 4.99 Å². The lowest BCUT2D eigenvalue weighted by atomic mass is 9.78. The van der Waals surface area contributed by atoms with E-state index in [1.54, 1.807) is 0 Å². The second-order valence-corrected chi connectivity index (χ2v) is 12.1. The van der Waals surface area contributed by atoms with E-state index in [-0.39, 0.29) is 28.9 Å². The van der Waals surface area contributed by atoms with Gasteiger partial charge < -0.3 is 14.2 Å². The molecule has 0 amide bonds. The van der Waals surface area contributed by atoms with Gasteiger partial charge in [-0.25, -0.2) is 4.99 Å². The Morgan fingerprint density at radius 3 is 1.92 bits per heavy atom. The molecule has 0 aliphatic heterocycles. The Morgan fingerprint density at radius 1 is 0.816 bits per heavy atom. The maximum atomic E-state index is 13.7. The number of aromatic nitrogens is 2. The number of phenols is 1. The van der Waals surface area contributed by atoms with Crippen molar-refractivity contribution in [1.29, 1.82) is 0 Å². The highest BCUT2D eigenvalue weighted by Gasteiger charge is 2.28. The van der Waals surface area contributed by atoms with E-state index in [1.807, 2.05) is 71.6 Å². The largest absolute Gasteiger partial charge is 0.507 e. The first-order chi connectivity index (χ1) is 17.8. The number of Topliss-reactive ketones (excluding diaryl/α,β-unsaturated/α-hetero) is 1. The number of ketones is 1. The highest BCUT2D eigenvalue weighted by atomic mass is 16.3. The normalized spacial score (nSPS) is 12.7. The average molecular weight is 510 g/mol. The minimum atomic E-state index is -0.307. The molecule has 0 radical (unpaired) electrons. The first-order valence-electron chi connectivity index (χ1n) is 13.1. The van der Waals surface area contributed by atoms with E-state index in [2.05, 4.69) is 65.2 Å². The lowest BCUT2D eigenvalue weighted by Gasteiger charge is -2.28. The van der Waals surface area contributed by atoms with Crippen LogP contribution in [0.3, 0.4) is 0 Å². The summed E-state index contributed by atoms with van der Waals surface area (Å²) < 4.78 is 3.98. The summed E-state index contributed by atoms with van der Waals surface area (Å²) in [5.41, 5.74) is 5.41.